The Hall–Kier alpha value is -1.38. The molecule has 0 radical (unpaired) electrons. The Morgan fingerprint density at radius 2 is 2.43 bits per heavy atom. The highest BCUT2D eigenvalue weighted by atomic mass is 16.4. The van der Waals surface area contributed by atoms with Gasteiger partial charge in [0, 0.05) is 11.9 Å². The van der Waals surface area contributed by atoms with Crippen molar-refractivity contribution in [1.29, 1.82) is 0 Å². The highest BCUT2D eigenvalue weighted by Crippen LogP contribution is 2.24. The van der Waals surface area contributed by atoms with E-state index in [0.717, 1.165) is 30.5 Å². The van der Waals surface area contributed by atoms with Crippen molar-refractivity contribution in [3.63, 3.8) is 0 Å². The molecule has 1 heterocycles. The van der Waals surface area contributed by atoms with Crippen LogP contribution in [-0.2, 0) is 12.8 Å². The molecule has 0 aliphatic heterocycles. The third-order valence-electron chi connectivity index (χ3n) is 2.76. The van der Waals surface area contributed by atoms with Crippen molar-refractivity contribution in [2.45, 2.75) is 26.2 Å². The number of fused-ring (bicyclic) bond motifs is 1. The molecule has 0 saturated heterocycles. The smallest absolute Gasteiger partial charge is 0.337 e. The third-order valence-corrected chi connectivity index (χ3v) is 2.76. The average Bonchev–Trinajstić information content (AvgIpc) is 2.16. The number of aromatic carboxylic acids is 1. The number of pyridine rings is 1. The summed E-state index contributed by atoms with van der Waals surface area (Å²) in [6.45, 7) is 2.20. The van der Waals surface area contributed by atoms with E-state index in [9.17, 15) is 4.79 Å². The van der Waals surface area contributed by atoms with Gasteiger partial charge in [0.2, 0.25) is 0 Å². The maximum Gasteiger partial charge on any atom is 0.337 e. The fourth-order valence-corrected chi connectivity index (χ4v) is 1.89. The first-order valence-electron chi connectivity index (χ1n) is 4.88. The Morgan fingerprint density at radius 1 is 1.64 bits per heavy atom. The van der Waals surface area contributed by atoms with Crippen molar-refractivity contribution in [3.8, 4) is 0 Å². The van der Waals surface area contributed by atoms with Crippen molar-refractivity contribution in [1.82, 2.24) is 4.98 Å². The molecule has 0 saturated carbocycles. The molecule has 1 aliphatic carbocycles. The van der Waals surface area contributed by atoms with Crippen LogP contribution in [0.1, 0.15) is 35.0 Å². The van der Waals surface area contributed by atoms with Crippen molar-refractivity contribution in [2.75, 3.05) is 0 Å². The largest absolute Gasteiger partial charge is 0.478 e. The molecule has 1 aromatic heterocycles. The van der Waals surface area contributed by atoms with Crippen LogP contribution in [0.2, 0.25) is 0 Å². The number of hydrogen-bond acceptors (Lipinski definition) is 2. The molecule has 0 fully saturated rings. The molecule has 14 heavy (non-hydrogen) atoms. The minimum absolute atomic E-state index is 0.304. The summed E-state index contributed by atoms with van der Waals surface area (Å²) in [6.07, 6.45) is 4.54. The van der Waals surface area contributed by atoms with Crippen molar-refractivity contribution < 1.29 is 9.90 Å². The summed E-state index contributed by atoms with van der Waals surface area (Å²) in [5.41, 5.74) is 2.50. The maximum absolute atomic E-state index is 10.7. The van der Waals surface area contributed by atoms with Crippen molar-refractivity contribution >= 4 is 5.97 Å². The lowest BCUT2D eigenvalue weighted by atomic mass is 9.88. The zero-order valence-electron chi connectivity index (χ0n) is 8.16. The van der Waals surface area contributed by atoms with Crippen LogP contribution in [0.25, 0.3) is 0 Å². The van der Waals surface area contributed by atoms with E-state index in [2.05, 4.69) is 11.9 Å². The van der Waals surface area contributed by atoms with Crippen LogP contribution in [0.15, 0.2) is 12.3 Å². The highest BCUT2D eigenvalue weighted by molar-refractivity contribution is 5.87. The number of rotatable bonds is 1. The summed E-state index contributed by atoms with van der Waals surface area (Å²) < 4.78 is 0. The van der Waals surface area contributed by atoms with Gasteiger partial charge in [0.15, 0.2) is 0 Å². The van der Waals surface area contributed by atoms with Gasteiger partial charge in [-0.3, -0.25) is 4.98 Å². The van der Waals surface area contributed by atoms with Gasteiger partial charge < -0.3 is 5.11 Å². The highest BCUT2D eigenvalue weighted by Gasteiger charge is 2.17. The van der Waals surface area contributed by atoms with Gasteiger partial charge in [-0.05, 0) is 36.8 Å². The standard InChI is InChI=1S/C11H13NO2/c1-7-2-3-8-5-9(11(13)14)6-12-10(8)4-7/h5-7H,2-4H2,1H3,(H,13,14). The number of nitrogens with zero attached hydrogens (tertiary/aromatic N) is 1. The van der Waals surface area contributed by atoms with E-state index < -0.39 is 5.97 Å². The SMILES string of the molecule is CC1CCc2cc(C(=O)O)cnc2C1. The van der Waals surface area contributed by atoms with Gasteiger partial charge in [-0.15, -0.1) is 0 Å². The van der Waals surface area contributed by atoms with Crippen LogP contribution < -0.4 is 0 Å². The second-order valence-electron chi connectivity index (χ2n) is 3.98. The summed E-state index contributed by atoms with van der Waals surface area (Å²) in [5, 5.41) is 8.80. The molecule has 1 unspecified atom stereocenters. The van der Waals surface area contributed by atoms with Gasteiger partial charge in [-0.1, -0.05) is 6.92 Å². The maximum atomic E-state index is 10.7. The van der Waals surface area contributed by atoms with Crippen LogP contribution in [0, 0.1) is 5.92 Å². The molecule has 2 rings (SSSR count). The van der Waals surface area contributed by atoms with E-state index in [-0.39, 0.29) is 0 Å². The summed E-state index contributed by atoms with van der Waals surface area (Å²) in [6, 6.07) is 1.76. The fraction of sp³-hybridized carbons (Fsp3) is 0.455. The number of carboxylic acids is 1. The minimum atomic E-state index is -0.890. The van der Waals surface area contributed by atoms with Crippen LogP contribution in [-0.4, -0.2) is 16.1 Å². The molecular formula is C11H13NO2. The molecular weight excluding hydrogens is 178 g/mol. The number of carbonyl (C=O) groups is 1. The molecule has 1 N–H and O–H groups in total. The van der Waals surface area contributed by atoms with E-state index >= 15 is 0 Å². The first kappa shape index (κ1) is 9.19. The van der Waals surface area contributed by atoms with Gasteiger partial charge in [0.05, 0.1) is 5.56 Å². The van der Waals surface area contributed by atoms with Crippen LogP contribution in [0.4, 0.5) is 0 Å². The van der Waals surface area contributed by atoms with E-state index in [1.165, 1.54) is 6.20 Å². The average molecular weight is 191 g/mol. The van der Waals surface area contributed by atoms with Crippen molar-refractivity contribution in [3.05, 3.63) is 29.1 Å². The first-order chi connectivity index (χ1) is 6.66. The lowest BCUT2D eigenvalue weighted by Gasteiger charge is -2.20. The zero-order valence-corrected chi connectivity index (χ0v) is 8.16. The molecule has 1 aliphatic rings. The minimum Gasteiger partial charge on any atom is -0.478 e. The van der Waals surface area contributed by atoms with E-state index in [1.54, 1.807) is 6.07 Å². The number of carboxylic acid groups (broad SMARTS) is 1. The second-order valence-corrected chi connectivity index (χ2v) is 3.98. The van der Waals surface area contributed by atoms with Gasteiger partial charge in [0.25, 0.3) is 0 Å². The second kappa shape index (κ2) is 3.40. The van der Waals surface area contributed by atoms with Crippen molar-refractivity contribution in [2.24, 2.45) is 5.92 Å². The Labute approximate surface area is 82.8 Å². The molecule has 0 spiro atoms. The van der Waals surface area contributed by atoms with Crippen LogP contribution in [0.3, 0.4) is 0 Å². The van der Waals surface area contributed by atoms with E-state index in [1.807, 2.05) is 0 Å². The van der Waals surface area contributed by atoms with Gasteiger partial charge in [-0.2, -0.15) is 0 Å². The molecule has 3 nitrogen and oxygen atoms in total. The molecule has 3 heteroatoms. The summed E-state index contributed by atoms with van der Waals surface area (Å²) in [5.74, 6) is -0.218. The van der Waals surface area contributed by atoms with E-state index in [4.69, 9.17) is 5.11 Å². The topological polar surface area (TPSA) is 50.2 Å². The Kier molecular flexibility index (Phi) is 2.23. The Bertz CT molecular complexity index is 374. The van der Waals surface area contributed by atoms with Crippen LogP contribution >= 0.6 is 0 Å². The first-order valence-corrected chi connectivity index (χ1v) is 4.88. The molecule has 74 valence electrons. The monoisotopic (exact) mass is 191 g/mol. The normalized spacial score (nSPS) is 20.2. The Balaban J connectivity index is 2.36. The van der Waals surface area contributed by atoms with Crippen LogP contribution in [0.5, 0.6) is 0 Å². The quantitative estimate of drug-likeness (QED) is 0.737. The lowest BCUT2D eigenvalue weighted by Crippen LogP contribution is -2.14. The number of aryl methyl sites for hydroxylation is 1. The predicted molar refractivity (Wildman–Crippen MR) is 52.4 cm³/mol. The van der Waals surface area contributed by atoms with Gasteiger partial charge in [-0.25, -0.2) is 4.79 Å². The lowest BCUT2D eigenvalue weighted by molar-refractivity contribution is 0.0696. The molecule has 0 bridgehead atoms. The molecule has 1 atom stereocenters. The summed E-state index contributed by atoms with van der Waals surface area (Å²) in [7, 11) is 0. The number of hydrogen-bond donors (Lipinski definition) is 1. The van der Waals surface area contributed by atoms with Gasteiger partial charge in [0.1, 0.15) is 0 Å². The van der Waals surface area contributed by atoms with E-state index in [0.29, 0.717) is 11.5 Å². The third kappa shape index (κ3) is 1.62. The zero-order chi connectivity index (χ0) is 10.1. The summed E-state index contributed by atoms with van der Waals surface area (Å²) >= 11 is 0. The number of aromatic nitrogens is 1. The fourth-order valence-electron chi connectivity index (χ4n) is 1.89. The molecule has 1 aromatic rings. The molecule has 0 aromatic carbocycles. The molecule has 0 amide bonds. The summed E-state index contributed by atoms with van der Waals surface area (Å²) in [4.78, 5) is 14.9. The Morgan fingerprint density at radius 3 is 3.14 bits per heavy atom. The van der Waals surface area contributed by atoms with Gasteiger partial charge >= 0.3 is 5.97 Å². The predicted octanol–water partition coefficient (Wildman–Crippen LogP) is 1.90.